The van der Waals surface area contributed by atoms with Crippen molar-refractivity contribution in [3.05, 3.63) is 83.1 Å². The Morgan fingerprint density at radius 2 is 1.85 bits per heavy atom. The Labute approximate surface area is 203 Å². The van der Waals surface area contributed by atoms with Crippen LogP contribution >= 0.6 is 11.6 Å². The summed E-state index contributed by atoms with van der Waals surface area (Å²) >= 11 is 6.09. The molecule has 0 spiro atoms. The zero-order valence-corrected chi connectivity index (χ0v) is 20.3. The lowest BCUT2D eigenvalue weighted by molar-refractivity contribution is -0.111. The van der Waals surface area contributed by atoms with Crippen molar-refractivity contribution in [3.63, 3.8) is 0 Å². The molecule has 0 aliphatic rings. The van der Waals surface area contributed by atoms with Crippen LogP contribution in [0.25, 0.3) is 27.7 Å². The van der Waals surface area contributed by atoms with E-state index >= 15 is 0 Å². The van der Waals surface area contributed by atoms with Crippen molar-refractivity contribution in [2.45, 2.75) is 20.8 Å². The average molecular weight is 476 g/mol. The molecule has 1 amide bonds. The van der Waals surface area contributed by atoms with E-state index in [-0.39, 0.29) is 5.91 Å². The van der Waals surface area contributed by atoms with Gasteiger partial charge in [-0.25, -0.2) is 0 Å². The molecule has 1 N–H and O–H groups in total. The zero-order chi connectivity index (χ0) is 24.2. The van der Waals surface area contributed by atoms with Gasteiger partial charge in [-0.05, 0) is 56.2 Å². The van der Waals surface area contributed by atoms with Gasteiger partial charge in [-0.1, -0.05) is 41.4 Å². The monoisotopic (exact) mass is 475 g/mol. The molecule has 0 saturated carbocycles. The molecule has 0 aliphatic heterocycles. The van der Waals surface area contributed by atoms with Crippen molar-refractivity contribution in [3.8, 4) is 22.6 Å². The minimum Gasteiger partial charge on any atom is -0.495 e. The number of furan rings is 1. The fourth-order valence-corrected chi connectivity index (χ4v) is 3.99. The number of nitrogens with one attached hydrogen (secondary N) is 1. The molecule has 174 valence electrons. The fraction of sp³-hybridized carbons (Fsp3) is 0.179. The first-order valence-electron chi connectivity index (χ1n) is 11.0. The van der Waals surface area contributed by atoms with Crippen molar-refractivity contribution in [2.24, 2.45) is 0 Å². The summed E-state index contributed by atoms with van der Waals surface area (Å²) in [5.41, 5.74) is 6.03. The van der Waals surface area contributed by atoms with Gasteiger partial charge in [0.25, 0.3) is 0 Å². The van der Waals surface area contributed by atoms with E-state index in [2.05, 4.69) is 36.5 Å². The Morgan fingerprint density at radius 3 is 2.56 bits per heavy atom. The highest BCUT2D eigenvalue weighted by Gasteiger charge is 2.16. The van der Waals surface area contributed by atoms with Crippen LogP contribution in [0.4, 0.5) is 5.69 Å². The predicted molar refractivity (Wildman–Crippen MR) is 138 cm³/mol. The normalized spacial score (nSPS) is 11.5. The molecule has 0 fully saturated rings. The van der Waals surface area contributed by atoms with Crippen LogP contribution in [0.5, 0.6) is 11.5 Å². The summed E-state index contributed by atoms with van der Waals surface area (Å²) in [7, 11) is 1.54. The number of methoxy groups -OCH3 is 1. The Balaban J connectivity index is 1.72. The van der Waals surface area contributed by atoms with Gasteiger partial charge in [-0.15, -0.1) is 0 Å². The first kappa shape index (κ1) is 23.5. The molecule has 0 saturated heterocycles. The molecule has 1 aromatic heterocycles. The molecule has 6 heteroatoms. The number of carbonyl (C=O) groups excluding carboxylic acids is 1. The summed E-state index contributed by atoms with van der Waals surface area (Å²) in [5.74, 6) is 0.884. The number of benzene rings is 3. The first-order valence-corrected chi connectivity index (χ1v) is 11.4. The Morgan fingerprint density at radius 1 is 1.09 bits per heavy atom. The second-order valence-corrected chi connectivity index (χ2v) is 8.39. The number of ether oxygens (including phenoxy) is 2. The van der Waals surface area contributed by atoms with Gasteiger partial charge in [0, 0.05) is 33.7 Å². The molecule has 0 unspecified atom stereocenters. The summed E-state index contributed by atoms with van der Waals surface area (Å²) in [6, 6.07) is 17.2. The smallest absolute Gasteiger partial charge is 0.248 e. The van der Waals surface area contributed by atoms with Gasteiger partial charge in [0.05, 0.1) is 25.7 Å². The minimum absolute atomic E-state index is 0.299. The average Bonchev–Trinajstić information content (AvgIpc) is 3.22. The van der Waals surface area contributed by atoms with Crippen molar-refractivity contribution < 1.29 is 18.7 Å². The SMILES string of the molecule is CCOc1cc2occ(-c3ccc(C)cc3)c2cc1/C(C)=C/C(=O)Nc1cc(Cl)ccc1OC. The van der Waals surface area contributed by atoms with E-state index in [1.807, 2.05) is 26.0 Å². The minimum atomic E-state index is -0.299. The van der Waals surface area contributed by atoms with Crippen LogP contribution in [0.15, 0.2) is 71.4 Å². The highest BCUT2D eigenvalue weighted by atomic mass is 35.5. The van der Waals surface area contributed by atoms with E-state index in [9.17, 15) is 4.79 Å². The van der Waals surface area contributed by atoms with Crippen molar-refractivity contribution in [1.82, 2.24) is 0 Å². The number of rotatable bonds is 7. The maximum absolute atomic E-state index is 12.8. The number of halogens is 1. The molecular formula is C28H26ClNO4. The molecule has 0 aliphatic carbocycles. The van der Waals surface area contributed by atoms with Gasteiger partial charge < -0.3 is 19.2 Å². The second kappa shape index (κ2) is 10.1. The van der Waals surface area contributed by atoms with Gasteiger partial charge in [-0.2, -0.15) is 0 Å². The zero-order valence-electron chi connectivity index (χ0n) is 19.6. The van der Waals surface area contributed by atoms with E-state index in [0.717, 1.165) is 33.2 Å². The molecule has 3 aromatic carbocycles. The van der Waals surface area contributed by atoms with E-state index < -0.39 is 0 Å². The molecule has 1 heterocycles. The summed E-state index contributed by atoms with van der Waals surface area (Å²) < 4.78 is 17.0. The van der Waals surface area contributed by atoms with E-state index in [1.165, 1.54) is 11.6 Å². The molecule has 0 atom stereocenters. The highest BCUT2D eigenvalue weighted by molar-refractivity contribution is 6.31. The Hall–Kier alpha value is -3.70. The van der Waals surface area contributed by atoms with E-state index in [0.29, 0.717) is 28.8 Å². The van der Waals surface area contributed by atoms with E-state index in [4.69, 9.17) is 25.5 Å². The largest absolute Gasteiger partial charge is 0.495 e. The summed E-state index contributed by atoms with van der Waals surface area (Å²) in [6.07, 6.45) is 3.29. The van der Waals surface area contributed by atoms with Gasteiger partial charge in [0.15, 0.2) is 0 Å². The van der Waals surface area contributed by atoms with Crippen molar-refractivity contribution in [1.29, 1.82) is 0 Å². The number of fused-ring (bicyclic) bond motifs is 1. The number of allylic oxidation sites excluding steroid dienone is 1. The molecule has 4 aromatic rings. The highest BCUT2D eigenvalue weighted by Crippen LogP contribution is 2.37. The molecule has 0 bridgehead atoms. The van der Waals surface area contributed by atoms with Gasteiger partial charge in [-0.3, -0.25) is 4.79 Å². The third kappa shape index (κ3) is 4.95. The summed E-state index contributed by atoms with van der Waals surface area (Å²) in [5, 5.41) is 4.30. The lowest BCUT2D eigenvalue weighted by atomic mass is 9.98. The fourth-order valence-electron chi connectivity index (χ4n) is 3.82. The molecular weight excluding hydrogens is 450 g/mol. The molecule has 0 radical (unpaired) electrons. The van der Waals surface area contributed by atoms with Gasteiger partial charge in [0.1, 0.15) is 17.1 Å². The van der Waals surface area contributed by atoms with Crippen LogP contribution in [0, 0.1) is 6.92 Å². The van der Waals surface area contributed by atoms with Crippen LogP contribution in [0.3, 0.4) is 0 Å². The topological polar surface area (TPSA) is 60.7 Å². The first-order chi connectivity index (χ1) is 16.4. The van der Waals surface area contributed by atoms with Crippen molar-refractivity contribution in [2.75, 3.05) is 19.0 Å². The Bertz CT molecular complexity index is 1370. The maximum atomic E-state index is 12.8. The number of aryl methyl sites for hydroxylation is 1. The van der Waals surface area contributed by atoms with Gasteiger partial charge in [0.2, 0.25) is 5.91 Å². The van der Waals surface area contributed by atoms with E-state index in [1.54, 1.807) is 31.6 Å². The number of hydrogen-bond acceptors (Lipinski definition) is 4. The number of anilines is 1. The number of carbonyl (C=O) groups is 1. The maximum Gasteiger partial charge on any atom is 0.248 e. The molecule has 5 nitrogen and oxygen atoms in total. The van der Waals surface area contributed by atoms with Crippen LogP contribution in [-0.4, -0.2) is 19.6 Å². The third-order valence-electron chi connectivity index (χ3n) is 5.53. The second-order valence-electron chi connectivity index (χ2n) is 7.95. The van der Waals surface area contributed by atoms with Crippen molar-refractivity contribution >= 4 is 39.7 Å². The number of amides is 1. The molecule has 4 rings (SSSR count). The van der Waals surface area contributed by atoms with Crippen LogP contribution in [-0.2, 0) is 4.79 Å². The summed E-state index contributed by atoms with van der Waals surface area (Å²) in [4.78, 5) is 12.8. The van der Waals surface area contributed by atoms with Crippen LogP contribution in [0.2, 0.25) is 5.02 Å². The van der Waals surface area contributed by atoms with Crippen LogP contribution < -0.4 is 14.8 Å². The summed E-state index contributed by atoms with van der Waals surface area (Å²) in [6.45, 7) is 6.35. The Kier molecular flexibility index (Phi) is 6.94. The van der Waals surface area contributed by atoms with Gasteiger partial charge >= 0.3 is 0 Å². The quantitative estimate of drug-likeness (QED) is 0.281. The standard InChI is InChI=1S/C28H26ClNO4/c1-5-33-26-15-27-22(23(16-34-27)19-8-6-17(2)7-9-19)14-21(26)18(3)12-28(31)30-24-13-20(29)10-11-25(24)32-4/h6-16H,5H2,1-4H3,(H,30,31)/b18-12+. The third-order valence-corrected chi connectivity index (χ3v) is 5.77. The lowest BCUT2D eigenvalue weighted by Crippen LogP contribution is -2.10. The predicted octanol–water partition coefficient (Wildman–Crippen LogP) is 7.51. The molecule has 34 heavy (non-hydrogen) atoms. The number of hydrogen-bond donors (Lipinski definition) is 1. The lowest BCUT2D eigenvalue weighted by Gasteiger charge is -2.12. The van der Waals surface area contributed by atoms with Crippen LogP contribution in [0.1, 0.15) is 25.0 Å².